The molecule has 0 saturated carbocycles. The number of nitro benzene ring substituents is 1. The van der Waals surface area contributed by atoms with Gasteiger partial charge in [-0.1, -0.05) is 12.1 Å². The number of aromatic amines is 1. The average Bonchev–Trinajstić information content (AvgIpc) is 3.39. The second kappa shape index (κ2) is 11.2. The van der Waals surface area contributed by atoms with Crippen LogP contribution in [0.1, 0.15) is 37.0 Å². The molecule has 0 radical (unpaired) electrons. The summed E-state index contributed by atoms with van der Waals surface area (Å²) in [6.45, 7) is 4.74. The first-order valence-corrected chi connectivity index (χ1v) is 14.5. The van der Waals surface area contributed by atoms with Crippen LogP contribution in [0.4, 0.5) is 5.69 Å². The van der Waals surface area contributed by atoms with Crippen LogP contribution in [0.15, 0.2) is 77.8 Å². The van der Waals surface area contributed by atoms with E-state index in [1.807, 2.05) is 30.7 Å². The van der Waals surface area contributed by atoms with E-state index in [9.17, 15) is 23.3 Å². The van der Waals surface area contributed by atoms with E-state index in [1.54, 1.807) is 36.5 Å². The van der Waals surface area contributed by atoms with Crippen molar-refractivity contribution in [3.63, 3.8) is 0 Å². The predicted molar refractivity (Wildman–Crippen MR) is 151 cm³/mol. The van der Waals surface area contributed by atoms with Gasteiger partial charge in [-0.3, -0.25) is 14.9 Å². The van der Waals surface area contributed by atoms with Crippen molar-refractivity contribution in [2.45, 2.75) is 37.2 Å². The van der Waals surface area contributed by atoms with Crippen LogP contribution in [-0.2, 0) is 14.8 Å². The number of hydrogen-bond donors (Lipinski definition) is 2. The molecule has 1 aliphatic rings. The summed E-state index contributed by atoms with van der Waals surface area (Å²) in [4.78, 5) is 26.8. The van der Waals surface area contributed by atoms with Gasteiger partial charge in [0.15, 0.2) is 5.75 Å². The number of aromatic nitrogens is 1. The number of amides is 1. The molecule has 0 spiro atoms. The van der Waals surface area contributed by atoms with Gasteiger partial charge in [-0.25, -0.2) is 13.1 Å². The number of ether oxygens (including phenoxy) is 3. The van der Waals surface area contributed by atoms with Crippen molar-refractivity contribution in [2.24, 2.45) is 5.92 Å². The van der Waals surface area contributed by atoms with Crippen LogP contribution in [0, 0.1) is 16.0 Å². The average molecular weight is 580 g/mol. The molecule has 2 heterocycles. The molecule has 2 N–H and O–H groups in total. The Kier molecular flexibility index (Phi) is 7.70. The molecule has 1 aromatic heterocycles. The second-order valence-corrected chi connectivity index (χ2v) is 12.1. The lowest BCUT2D eigenvalue weighted by atomic mass is 9.89. The minimum absolute atomic E-state index is 0.0286. The SMILES string of the molecule is CC1(C)CC(COc2ccc(S(=O)(=O)NC(=O)c3ccccc3Oc3ccc4[nH]ccc4c3)cc2[N+](=O)[O-])CCO1. The molecule has 41 heavy (non-hydrogen) atoms. The first-order chi connectivity index (χ1) is 19.5. The predicted octanol–water partition coefficient (Wildman–Crippen LogP) is 5.57. The molecule has 1 atom stereocenters. The Balaban J connectivity index is 1.32. The Morgan fingerprint density at radius 3 is 2.71 bits per heavy atom. The summed E-state index contributed by atoms with van der Waals surface area (Å²) < 4.78 is 45.6. The van der Waals surface area contributed by atoms with Crippen LogP contribution >= 0.6 is 0 Å². The van der Waals surface area contributed by atoms with Crippen LogP contribution in [-0.4, -0.2) is 43.0 Å². The van der Waals surface area contributed by atoms with Gasteiger partial charge in [0.1, 0.15) is 11.5 Å². The Morgan fingerprint density at radius 2 is 1.93 bits per heavy atom. The highest BCUT2D eigenvalue weighted by Gasteiger charge is 2.30. The molecule has 5 rings (SSSR count). The van der Waals surface area contributed by atoms with Gasteiger partial charge < -0.3 is 19.2 Å². The monoisotopic (exact) mass is 579 g/mol. The van der Waals surface area contributed by atoms with Crippen molar-refractivity contribution in [1.82, 2.24) is 9.71 Å². The molecule has 1 fully saturated rings. The van der Waals surface area contributed by atoms with Gasteiger partial charge >= 0.3 is 5.69 Å². The molecule has 1 aliphatic heterocycles. The van der Waals surface area contributed by atoms with E-state index in [2.05, 4.69) is 4.98 Å². The van der Waals surface area contributed by atoms with Gasteiger partial charge in [0.05, 0.1) is 27.6 Å². The summed E-state index contributed by atoms with van der Waals surface area (Å²) in [5.41, 5.74) is 0.0515. The maximum Gasteiger partial charge on any atom is 0.312 e. The quantitative estimate of drug-likeness (QED) is 0.193. The van der Waals surface area contributed by atoms with E-state index in [0.29, 0.717) is 12.4 Å². The molecular formula is C29H29N3O8S. The number of rotatable bonds is 9. The fourth-order valence-electron chi connectivity index (χ4n) is 4.84. The van der Waals surface area contributed by atoms with Crippen molar-refractivity contribution in [3.05, 3.63) is 88.6 Å². The van der Waals surface area contributed by atoms with Crippen molar-refractivity contribution in [3.8, 4) is 17.2 Å². The van der Waals surface area contributed by atoms with Gasteiger partial charge in [0, 0.05) is 29.8 Å². The van der Waals surface area contributed by atoms with Crippen molar-refractivity contribution < 1.29 is 32.3 Å². The second-order valence-electron chi connectivity index (χ2n) is 10.4. The van der Waals surface area contributed by atoms with Crippen LogP contribution in [0.25, 0.3) is 10.9 Å². The van der Waals surface area contributed by atoms with E-state index < -0.39 is 31.4 Å². The third-order valence-corrected chi connectivity index (χ3v) is 8.15. The molecule has 0 bridgehead atoms. The van der Waals surface area contributed by atoms with Crippen LogP contribution in [0.5, 0.6) is 17.2 Å². The lowest BCUT2D eigenvalue weighted by molar-refractivity contribution is -0.386. The Morgan fingerprint density at radius 1 is 1.12 bits per heavy atom. The number of nitrogens with one attached hydrogen (secondary N) is 2. The highest BCUT2D eigenvalue weighted by atomic mass is 32.2. The van der Waals surface area contributed by atoms with E-state index in [1.165, 1.54) is 18.2 Å². The Labute approximate surface area is 236 Å². The highest BCUT2D eigenvalue weighted by Crippen LogP contribution is 2.33. The summed E-state index contributed by atoms with van der Waals surface area (Å²) in [6.07, 6.45) is 3.27. The molecular weight excluding hydrogens is 550 g/mol. The number of nitrogens with zero attached hydrogens (tertiary/aromatic N) is 1. The highest BCUT2D eigenvalue weighted by molar-refractivity contribution is 7.90. The number of nitro groups is 1. The standard InChI is InChI=1S/C29H29N3O8S/c1-29(2)17-19(12-14-39-29)18-38-27-10-8-22(16-25(27)32(34)35)41(36,37)31-28(33)23-5-3-4-6-26(23)40-21-7-9-24-20(15-21)11-13-30-24/h3-11,13,15-16,19,30H,12,14,17-18H2,1-2H3,(H,31,33). The number of fused-ring (bicyclic) bond motifs is 1. The lowest BCUT2D eigenvalue weighted by Gasteiger charge is -2.35. The van der Waals surface area contributed by atoms with Crippen LogP contribution in [0.2, 0.25) is 0 Å². The molecule has 1 unspecified atom stereocenters. The van der Waals surface area contributed by atoms with Gasteiger partial charge in [-0.05, 0) is 81.1 Å². The molecule has 0 aliphatic carbocycles. The zero-order valence-electron chi connectivity index (χ0n) is 22.5. The number of para-hydroxylation sites is 1. The molecule has 1 amide bonds. The van der Waals surface area contributed by atoms with Crippen molar-refractivity contribution >= 4 is 32.5 Å². The molecule has 214 valence electrons. The molecule has 4 aromatic rings. The van der Waals surface area contributed by atoms with Crippen LogP contribution in [0.3, 0.4) is 0 Å². The molecule has 3 aromatic carbocycles. The number of carbonyl (C=O) groups excluding carboxylic acids is 1. The largest absolute Gasteiger partial charge is 0.487 e. The number of H-pyrrole nitrogens is 1. The van der Waals surface area contributed by atoms with Gasteiger partial charge in [0.25, 0.3) is 15.9 Å². The summed E-state index contributed by atoms with van der Waals surface area (Å²) in [5, 5.41) is 12.7. The van der Waals surface area contributed by atoms with E-state index in [-0.39, 0.29) is 35.2 Å². The third-order valence-electron chi connectivity index (χ3n) is 6.82. The summed E-state index contributed by atoms with van der Waals surface area (Å²) >= 11 is 0. The van der Waals surface area contributed by atoms with Crippen LogP contribution < -0.4 is 14.2 Å². The first-order valence-electron chi connectivity index (χ1n) is 13.0. The number of sulfonamides is 1. The van der Waals surface area contributed by atoms with E-state index in [0.717, 1.165) is 29.8 Å². The van der Waals surface area contributed by atoms with Crippen molar-refractivity contribution in [2.75, 3.05) is 13.2 Å². The molecule has 11 nitrogen and oxygen atoms in total. The normalized spacial score (nSPS) is 16.7. The maximum atomic E-state index is 13.1. The minimum atomic E-state index is -4.48. The summed E-state index contributed by atoms with van der Waals surface area (Å²) in [6, 6.07) is 16.7. The molecule has 12 heteroatoms. The number of hydrogen-bond acceptors (Lipinski definition) is 8. The zero-order chi connectivity index (χ0) is 29.2. The minimum Gasteiger partial charge on any atom is -0.487 e. The lowest BCUT2D eigenvalue weighted by Crippen LogP contribution is -2.36. The molecule has 1 saturated heterocycles. The topological polar surface area (TPSA) is 150 Å². The third kappa shape index (κ3) is 6.50. The summed E-state index contributed by atoms with van der Waals surface area (Å²) in [7, 11) is -4.48. The van der Waals surface area contributed by atoms with Gasteiger partial charge in [0.2, 0.25) is 0 Å². The van der Waals surface area contributed by atoms with Gasteiger partial charge in [-0.2, -0.15) is 0 Å². The fourth-order valence-corrected chi connectivity index (χ4v) is 5.82. The van der Waals surface area contributed by atoms with Crippen molar-refractivity contribution in [1.29, 1.82) is 0 Å². The zero-order valence-corrected chi connectivity index (χ0v) is 23.3. The maximum absolute atomic E-state index is 13.1. The van der Waals surface area contributed by atoms with E-state index >= 15 is 0 Å². The Bertz CT molecular complexity index is 1710. The smallest absolute Gasteiger partial charge is 0.312 e. The summed E-state index contributed by atoms with van der Waals surface area (Å²) in [5.74, 6) is -0.277. The first kappa shape index (κ1) is 28.1. The number of benzene rings is 3. The fraction of sp³-hybridized carbons (Fsp3) is 0.276. The number of carbonyl (C=O) groups is 1. The van der Waals surface area contributed by atoms with Gasteiger partial charge in [-0.15, -0.1) is 0 Å². The Hall–Kier alpha value is -4.42. The van der Waals surface area contributed by atoms with E-state index in [4.69, 9.17) is 14.2 Å².